The second kappa shape index (κ2) is 10.1. The second-order valence-electron chi connectivity index (χ2n) is 12.0. The van der Waals surface area contributed by atoms with Gasteiger partial charge < -0.3 is 25.6 Å². The van der Waals surface area contributed by atoms with Gasteiger partial charge in [-0.15, -0.1) is 0 Å². The molecule has 2 aromatic heterocycles. The van der Waals surface area contributed by atoms with Gasteiger partial charge in [0.05, 0.1) is 25.4 Å². The molecular weight excluding hydrogens is 601 g/mol. The zero-order chi connectivity index (χ0) is 31.9. The van der Waals surface area contributed by atoms with Crippen molar-refractivity contribution in [3.63, 3.8) is 0 Å². The van der Waals surface area contributed by atoms with Crippen LogP contribution < -0.4 is 20.5 Å². The summed E-state index contributed by atoms with van der Waals surface area (Å²) in [6.07, 6.45) is -0.0801. The summed E-state index contributed by atoms with van der Waals surface area (Å²) in [5, 5.41) is 20.0. The van der Waals surface area contributed by atoms with Crippen LogP contribution in [0.1, 0.15) is 53.3 Å². The number of aromatic nitrogens is 3. The molecule has 0 spiro atoms. The van der Waals surface area contributed by atoms with Crippen molar-refractivity contribution in [2.45, 2.75) is 49.0 Å². The molecule has 4 aromatic rings. The highest BCUT2D eigenvalue weighted by Gasteiger charge is 2.59. The third-order valence-corrected chi connectivity index (χ3v) is 8.81. The summed E-state index contributed by atoms with van der Waals surface area (Å²) in [4.78, 5) is 17.9. The number of pyridine rings is 1. The third kappa shape index (κ3) is 4.86. The highest BCUT2D eigenvalue weighted by atomic mass is 19.4. The first-order valence-electron chi connectivity index (χ1n) is 14.4. The van der Waals surface area contributed by atoms with Gasteiger partial charge in [-0.3, -0.25) is 9.48 Å². The monoisotopic (exact) mass is 629 g/mol. The molecule has 2 fully saturated rings. The molecule has 2 atom stereocenters. The van der Waals surface area contributed by atoms with E-state index in [0.717, 1.165) is 37.1 Å². The SMILES string of the molecule is COc1cc(C(=O)NC[C@](O)(c2cc3c(c(-c4ccc(F)c(F)c4)n2)OC[C@@]3(N)C(F)(F)F)C2CC2)cc2cn(C3CC3)nc12. The Morgan fingerprint density at radius 1 is 1.16 bits per heavy atom. The van der Waals surface area contributed by atoms with E-state index in [1.165, 1.54) is 13.2 Å². The molecule has 7 rings (SSSR count). The van der Waals surface area contributed by atoms with Crippen LogP contribution in [0, 0.1) is 17.6 Å². The summed E-state index contributed by atoms with van der Waals surface area (Å²) in [6.45, 7) is -1.39. The molecule has 2 aliphatic carbocycles. The van der Waals surface area contributed by atoms with Gasteiger partial charge in [-0.1, -0.05) is 0 Å². The van der Waals surface area contributed by atoms with Crippen molar-refractivity contribution in [3.05, 3.63) is 71.1 Å². The number of carbonyl (C=O) groups excluding carboxylic acids is 1. The number of benzene rings is 2. The molecule has 45 heavy (non-hydrogen) atoms. The molecule has 0 radical (unpaired) electrons. The first-order valence-corrected chi connectivity index (χ1v) is 14.4. The molecule has 1 aliphatic heterocycles. The zero-order valence-corrected chi connectivity index (χ0v) is 23.9. The fourth-order valence-electron chi connectivity index (χ4n) is 5.83. The molecule has 0 unspecified atom stereocenters. The largest absolute Gasteiger partial charge is 0.494 e. The molecule has 236 valence electrons. The van der Waals surface area contributed by atoms with E-state index in [1.807, 2.05) is 10.9 Å². The van der Waals surface area contributed by atoms with E-state index in [-0.39, 0.29) is 28.3 Å². The Labute approximate surface area is 253 Å². The van der Waals surface area contributed by atoms with E-state index in [4.69, 9.17) is 15.2 Å². The van der Waals surface area contributed by atoms with E-state index in [2.05, 4.69) is 15.4 Å². The van der Waals surface area contributed by atoms with E-state index in [0.29, 0.717) is 35.5 Å². The van der Waals surface area contributed by atoms with Crippen LogP contribution in [0.2, 0.25) is 0 Å². The number of fused-ring (bicyclic) bond motifs is 2. The van der Waals surface area contributed by atoms with Gasteiger partial charge in [0, 0.05) is 28.3 Å². The number of ether oxygens (including phenoxy) is 2. The van der Waals surface area contributed by atoms with Gasteiger partial charge in [0.15, 0.2) is 22.9 Å². The molecule has 1 amide bonds. The first kappa shape index (κ1) is 29.4. The number of carbonyl (C=O) groups is 1. The smallest absolute Gasteiger partial charge is 0.414 e. The Kier molecular flexibility index (Phi) is 6.61. The minimum absolute atomic E-state index is 0.0762. The molecule has 4 N–H and O–H groups in total. The third-order valence-electron chi connectivity index (χ3n) is 8.81. The molecule has 2 saturated carbocycles. The lowest BCUT2D eigenvalue weighted by Crippen LogP contribution is -2.52. The average Bonchev–Trinajstić information content (AvgIpc) is 3.95. The van der Waals surface area contributed by atoms with Gasteiger partial charge >= 0.3 is 6.18 Å². The average molecular weight is 630 g/mol. The van der Waals surface area contributed by atoms with Gasteiger partial charge in [0.25, 0.3) is 5.91 Å². The Morgan fingerprint density at radius 2 is 1.91 bits per heavy atom. The summed E-state index contributed by atoms with van der Waals surface area (Å²) < 4.78 is 83.5. The van der Waals surface area contributed by atoms with E-state index < -0.39 is 59.5 Å². The highest BCUT2D eigenvalue weighted by Crippen LogP contribution is 2.52. The summed E-state index contributed by atoms with van der Waals surface area (Å²) in [7, 11) is 1.46. The minimum atomic E-state index is -4.96. The molecule has 3 heterocycles. The van der Waals surface area contributed by atoms with E-state index >= 15 is 0 Å². The minimum Gasteiger partial charge on any atom is -0.494 e. The number of hydrogen-bond donors (Lipinski definition) is 3. The predicted octanol–water partition coefficient (Wildman–Crippen LogP) is 4.86. The Balaban J connectivity index is 1.27. The van der Waals surface area contributed by atoms with Crippen molar-refractivity contribution in [3.8, 4) is 22.8 Å². The van der Waals surface area contributed by atoms with Crippen LogP contribution in [-0.2, 0) is 11.1 Å². The lowest BCUT2D eigenvalue weighted by Gasteiger charge is -2.31. The van der Waals surface area contributed by atoms with Gasteiger partial charge in [-0.25, -0.2) is 13.8 Å². The summed E-state index contributed by atoms with van der Waals surface area (Å²) in [5.74, 6) is -3.40. The van der Waals surface area contributed by atoms with Crippen LogP contribution in [0.3, 0.4) is 0 Å². The van der Waals surface area contributed by atoms with E-state index in [1.54, 1.807) is 6.07 Å². The highest BCUT2D eigenvalue weighted by molar-refractivity contribution is 6.00. The number of methoxy groups -OCH3 is 1. The Bertz CT molecular complexity index is 1850. The maximum absolute atomic E-state index is 14.3. The number of nitrogens with two attached hydrogens (primary N) is 1. The van der Waals surface area contributed by atoms with Gasteiger partial charge in [0.2, 0.25) is 0 Å². The molecule has 14 heteroatoms. The van der Waals surface area contributed by atoms with Crippen molar-refractivity contribution >= 4 is 16.8 Å². The van der Waals surface area contributed by atoms with Crippen LogP contribution in [0.25, 0.3) is 22.2 Å². The van der Waals surface area contributed by atoms with Crippen LogP contribution >= 0.6 is 0 Å². The van der Waals surface area contributed by atoms with Crippen molar-refractivity contribution < 1.29 is 41.3 Å². The van der Waals surface area contributed by atoms with Crippen LogP contribution in [0.15, 0.2) is 42.6 Å². The number of rotatable bonds is 8. The van der Waals surface area contributed by atoms with Crippen molar-refractivity contribution in [2.75, 3.05) is 20.3 Å². The molecular formula is C31H28F5N5O4. The molecule has 0 saturated heterocycles. The predicted molar refractivity (Wildman–Crippen MR) is 151 cm³/mol. The van der Waals surface area contributed by atoms with Gasteiger partial charge in [0.1, 0.15) is 29.2 Å². The molecule has 9 nitrogen and oxygen atoms in total. The number of halogens is 5. The second-order valence-corrected chi connectivity index (χ2v) is 12.0. The van der Waals surface area contributed by atoms with Crippen LogP contribution in [0.5, 0.6) is 11.5 Å². The summed E-state index contributed by atoms with van der Waals surface area (Å²) in [6, 6.07) is 7.24. The maximum Gasteiger partial charge on any atom is 0.414 e. The first-order chi connectivity index (χ1) is 21.3. The number of hydrogen-bond acceptors (Lipinski definition) is 7. The molecule has 2 aromatic carbocycles. The quantitative estimate of drug-likeness (QED) is 0.238. The number of alkyl halides is 3. The summed E-state index contributed by atoms with van der Waals surface area (Å²) in [5.41, 5.74) is 0.753. The van der Waals surface area contributed by atoms with Crippen molar-refractivity contribution in [2.24, 2.45) is 11.7 Å². The van der Waals surface area contributed by atoms with Crippen LogP contribution in [0.4, 0.5) is 22.0 Å². The fraction of sp³-hybridized carbons (Fsp3) is 0.387. The maximum atomic E-state index is 14.3. The lowest BCUT2D eigenvalue weighted by molar-refractivity contribution is -0.191. The number of nitrogens with one attached hydrogen (secondary N) is 1. The fourth-order valence-corrected chi connectivity index (χ4v) is 5.83. The standard InChI is InChI=1S/C31H28F5N5O4/c1-44-23-10-16(8-17-12-41(19-5-6-19)40-25(17)23)28(42)38-13-29(43,18-3-4-18)24-11-20-27(45-14-30(20,37)31(34,35)36)26(39-24)15-2-7-21(32)22(33)9-15/h2,7-12,18-19,43H,3-6,13-14,37H2,1H3,(H,38,42)/t29-,30+/m1/s1. The summed E-state index contributed by atoms with van der Waals surface area (Å²) >= 11 is 0. The van der Waals surface area contributed by atoms with Gasteiger partial charge in [-0.05, 0) is 68.0 Å². The Hall–Kier alpha value is -4.30. The van der Waals surface area contributed by atoms with E-state index in [9.17, 15) is 31.9 Å². The zero-order valence-electron chi connectivity index (χ0n) is 23.9. The van der Waals surface area contributed by atoms with Crippen molar-refractivity contribution in [1.29, 1.82) is 0 Å². The van der Waals surface area contributed by atoms with Gasteiger partial charge in [-0.2, -0.15) is 18.3 Å². The Morgan fingerprint density at radius 3 is 2.56 bits per heavy atom. The number of amides is 1. The normalized spacial score (nSPS) is 20.9. The molecule has 0 bridgehead atoms. The number of nitrogens with zero attached hydrogens (tertiary/aromatic N) is 3. The van der Waals surface area contributed by atoms with Crippen LogP contribution in [-0.4, -0.2) is 52.2 Å². The molecule has 3 aliphatic rings. The lowest BCUT2D eigenvalue weighted by atomic mass is 9.86. The number of aliphatic hydroxyl groups is 1. The topological polar surface area (TPSA) is 125 Å². The van der Waals surface area contributed by atoms with Crippen molar-refractivity contribution in [1.82, 2.24) is 20.1 Å².